The number of rotatable bonds is 10. The first-order valence-electron chi connectivity index (χ1n) is 12.5. The van der Waals surface area contributed by atoms with Crippen LogP contribution in [0.15, 0.2) is 70.3 Å². The predicted molar refractivity (Wildman–Crippen MR) is 139 cm³/mol. The van der Waals surface area contributed by atoms with E-state index in [1.807, 2.05) is 24.5 Å². The molecule has 188 valence electrons. The van der Waals surface area contributed by atoms with Crippen molar-refractivity contribution < 1.29 is 43.9 Å². The SMILES string of the molecule is CCCCC1=C(C)C(=Cc2ccc[nH]2)[NH+]=C1CC1=[NH+]C(=Cc2ccc[nH]2)C(C)=C1CCCC.[Br-].[Br-]. The minimum Gasteiger partial charge on any atom is -1.00 e. The van der Waals surface area contributed by atoms with E-state index in [0.717, 1.165) is 30.7 Å². The van der Waals surface area contributed by atoms with E-state index < -0.39 is 0 Å². The summed E-state index contributed by atoms with van der Waals surface area (Å²) in [6.07, 6.45) is 16.4. The van der Waals surface area contributed by atoms with Gasteiger partial charge in [-0.3, -0.25) is 0 Å². The fourth-order valence-electron chi connectivity index (χ4n) is 4.77. The number of aromatic nitrogens is 2. The molecule has 0 aliphatic carbocycles. The standard InChI is InChI=1S/C29H36N4.2BrH/c1-5-7-13-24-20(3)26(17-22-11-9-15-30-22)32-28(24)19-29-25(14-8-6-2)21(4)27(33-29)18-23-12-10-16-31-23;;/h9-12,15-18,30-31H,5-8,13-14,19H2,1-4H3;2*1H. The fourth-order valence-corrected chi connectivity index (χ4v) is 4.77. The summed E-state index contributed by atoms with van der Waals surface area (Å²) in [6, 6.07) is 8.33. The summed E-state index contributed by atoms with van der Waals surface area (Å²) in [5.74, 6) is 0. The van der Waals surface area contributed by atoms with Gasteiger partial charge in [-0.05, 0) is 63.8 Å². The highest BCUT2D eigenvalue weighted by Crippen LogP contribution is 2.26. The van der Waals surface area contributed by atoms with E-state index in [9.17, 15) is 0 Å². The van der Waals surface area contributed by atoms with Gasteiger partial charge < -0.3 is 43.9 Å². The van der Waals surface area contributed by atoms with Crippen molar-refractivity contribution in [3.05, 3.63) is 81.7 Å². The molecule has 2 aliphatic heterocycles. The van der Waals surface area contributed by atoms with Gasteiger partial charge in [-0.2, -0.15) is 0 Å². The van der Waals surface area contributed by atoms with Crippen molar-refractivity contribution in [1.82, 2.24) is 9.97 Å². The third-order valence-corrected chi connectivity index (χ3v) is 6.77. The molecule has 0 saturated carbocycles. The van der Waals surface area contributed by atoms with E-state index in [0.29, 0.717) is 0 Å². The maximum atomic E-state index is 3.79. The van der Waals surface area contributed by atoms with Crippen LogP contribution in [0.2, 0.25) is 0 Å². The first-order valence-corrected chi connectivity index (χ1v) is 12.5. The Morgan fingerprint density at radius 1 is 0.714 bits per heavy atom. The maximum absolute atomic E-state index is 3.79. The van der Waals surface area contributed by atoms with Crippen molar-refractivity contribution in [3.8, 4) is 0 Å². The van der Waals surface area contributed by atoms with Gasteiger partial charge in [0.2, 0.25) is 11.4 Å². The molecule has 0 unspecified atom stereocenters. The Hall–Kier alpha value is -2.18. The van der Waals surface area contributed by atoms with Crippen LogP contribution in [-0.2, 0) is 0 Å². The summed E-state index contributed by atoms with van der Waals surface area (Å²) < 4.78 is 0. The van der Waals surface area contributed by atoms with Crippen molar-refractivity contribution in [2.45, 2.75) is 72.6 Å². The first-order chi connectivity index (χ1) is 16.1. The highest BCUT2D eigenvalue weighted by molar-refractivity contribution is 6.15. The normalized spacial score (nSPS) is 17.7. The maximum Gasteiger partial charge on any atom is 0.209 e. The van der Waals surface area contributed by atoms with Crippen LogP contribution in [0.3, 0.4) is 0 Å². The molecule has 4 N–H and O–H groups in total. The number of hydrogen-bond donors (Lipinski definition) is 4. The number of allylic oxidation sites excluding steroid dienone is 4. The molecule has 4 rings (SSSR count). The van der Waals surface area contributed by atoms with E-state index in [1.54, 1.807) is 0 Å². The number of hydrogen-bond acceptors (Lipinski definition) is 0. The molecule has 4 nitrogen and oxygen atoms in total. The van der Waals surface area contributed by atoms with Gasteiger partial charge in [-0.25, -0.2) is 9.98 Å². The molecule has 2 aromatic heterocycles. The van der Waals surface area contributed by atoms with Gasteiger partial charge in [0, 0.05) is 58.2 Å². The summed E-state index contributed by atoms with van der Waals surface area (Å²) >= 11 is 0. The molecule has 0 aromatic carbocycles. The second-order valence-electron chi connectivity index (χ2n) is 9.17. The zero-order valence-electron chi connectivity index (χ0n) is 21.3. The molecule has 2 aliphatic rings. The Bertz CT molecular complexity index is 1070. The van der Waals surface area contributed by atoms with E-state index in [-0.39, 0.29) is 34.0 Å². The molecule has 2 aromatic rings. The van der Waals surface area contributed by atoms with E-state index in [4.69, 9.17) is 0 Å². The monoisotopic (exact) mass is 600 g/mol. The number of unbranched alkanes of at least 4 members (excludes halogenated alkanes) is 2. The lowest BCUT2D eigenvalue weighted by Gasteiger charge is -2.04. The van der Waals surface area contributed by atoms with Crippen LogP contribution >= 0.6 is 0 Å². The van der Waals surface area contributed by atoms with Gasteiger partial charge in [-0.1, -0.05) is 26.7 Å². The van der Waals surface area contributed by atoms with Crippen LogP contribution in [0.25, 0.3) is 12.2 Å². The molecule has 35 heavy (non-hydrogen) atoms. The molecular weight excluding hydrogens is 564 g/mol. The van der Waals surface area contributed by atoms with E-state index >= 15 is 0 Å². The average Bonchev–Trinajstić information content (AvgIpc) is 3.59. The molecule has 0 amide bonds. The predicted octanol–water partition coefficient (Wildman–Crippen LogP) is -1.79. The van der Waals surface area contributed by atoms with Crippen molar-refractivity contribution in [3.63, 3.8) is 0 Å². The zero-order valence-corrected chi connectivity index (χ0v) is 24.5. The van der Waals surface area contributed by atoms with Crippen LogP contribution in [0, 0.1) is 0 Å². The summed E-state index contributed by atoms with van der Waals surface area (Å²) in [5.41, 5.74) is 13.1. The van der Waals surface area contributed by atoms with Gasteiger partial charge in [0.25, 0.3) is 0 Å². The Balaban J connectivity index is 0.00000216. The molecule has 0 fully saturated rings. The molecule has 0 radical (unpaired) electrons. The summed E-state index contributed by atoms with van der Waals surface area (Å²) in [7, 11) is 0. The second kappa shape index (κ2) is 13.8. The second-order valence-corrected chi connectivity index (χ2v) is 9.17. The Morgan fingerprint density at radius 3 is 1.49 bits per heavy atom. The number of H-pyrrole nitrogens is 2. The number of nitrogens with one attached hydrogen (secondary N) is 4. The van der Waals surface area contributed by atoms with E-state index in [2.05, 4.69) is 71.9 Å². The Morgan fingerprint density at radius 2 is 1.14 bits per heavy atom. The van der Waals surface area contributed by atoms with Crippen molar-refractivity contribution in [1.29, 1.82) is 0 Å². The third kappa shape index (κ3) is 6.95. The molecular formula is C29H38Br2N4. The van der Waals surface area contributed by atoms with Gasteiger partial charge in [0.15, 0.2) is 11.4 Å². The van der Waals surface area contributed by atoms with Crippen LogP contribution in [0.5, 0.6) is 0 Å². The average molecular weight is 602 g/mol. The summed E-state index contributed by atoms with van der Waals surface area (Å²) in [6.45, 7) is 9.07. The lowest BCUT2D eigenvalue weighted by molar-refractivity contribution is -0.393. The van der Waals surface area contributed by atoms with Crippen LogP contribution in [0.4, 0.5) is 0 Å². The largest absolute Gasteiger partial charge is 1.00 e. The molecule has 0 saturated heterocycles. The molecule has 4 heterocycles. The highest BCUT2D eigenvalue weighted by Gasteiger charge is 2.34. The lowest BCUT2D eigenvalue weighted by Crippen LogP contribution is -3.00. The highest BCUT2D eigenvalue weighted by atomic mass is 79.9. The quantitative estimate of drug-likeness (QED) is 0.249. The summed E-state index contributed by atoms with van der Waals surface area (Å²) in [5, 5.41) is 0. The topological polar surface area (TPSA) is 59.5 Å². The van der Waals surface area contributed by atoms with Gasteiger partial charge in [0.05, 0.1) is 0 Å². The van der Waals surface area contributed by atoms with Crippen LogP contribution < -0.4 is 43.9 Å². The van der Waals surface area contributed by atoms with Crippen molar-refractivity contribution >= 4 is 23.6 Å². The minimum absolute atomic E-state index is 0. The molecule has 0 spiro atoms. The minimum atomic E-state index is 0. The zero-order chi connectivity index (χ0) is 23.2. The van der Waals surface area contributed by atoms with Gasteiger partial charge in [0.1, 0.15) is 6.42 Å². The summed E-state index contributed by atoms with van der Waals surface area (Å²) in [4.78, 5) is 14.2. The van der Waals surface area contributed by atoms with Gasteiger partial charge >= 0.3 is 0 Å². The van der Waals surface area contributed by atoms with Crippen molar-refractivity contribution in [2.75, 3.05) is 0 Å². The van der Waals surface area contributed by atoms with Crippen LogP contribution in [0.1, 0.15) is 84.0 Å². The molecule has 6 heteroatoms. The molecule has 0 bridgehead atoms. The lowest BCUT2D eigenvalue weighted by atomic mass is 9.92. The Kier molecular flexibility index (Phi) is 11.4. The Labute approximate surface area is 231 Å². The smallest absolute Gasteiger partial charge is 0.209 e. The fraction of sp³-hybridized carbons (Fsp3) is 0.379. The van der Waals surface area contributed by atoms with E-state index in [1.165, 1.54) is 70.8 Å². The first kappa shape index (κ1) is 29.1. The molecule has 0 atom stereocenters. The number of halogens is 2. The van der Waals surface area contributed by atoms with Gasteiger partial charge in [-0.15, -0.1) is 0 Å². The van der Waals surface area contributed by atoms with Crippen LogP contribution in [-0.4, -0.2) is 21.4 Å². The third-order valence-electron chi connectivity index (χ3n) is 6.77. The number of aromatic amines is 2. The van der Waals surface area contributed by atoms with Crippen molar-refractivity contribution in [2.24, 2.45) is 0 Å².